The van der Waals surface area contributed by atoms with Crippen LogP contribution in [0.1, 0.15) is 20.8 Å². The lowest BCUT2D eigenvalue weighted by Crippen LogP contribution is -2.52. The SMILES string of the molecule is CCNC(=NCC(C)C)N1CCN(c2ccccc2F)CC1.I. The van der Waals surface area contributed by atoms with Crippen molar-refractivity contribution in [2.24, 2.45) is 10.9 Å². The quantitative estimate of drug-likeness (QED) is 0.449. The third-order valence-electron chi connectivity index (χ3n) is 3.71. The van der Waals surface area contributed by atoms with E-state index in [2.05, 4.69) is 35.9 Å². The molecule has 0 unspecified atom stereocenters. The molecule has 0 amide bonds. The molecule has 0 bridgehead atoms. The van der Waals surface area contributed by atoms with E-state index in [4.69, 9.17) is 4.99 Å². The first-order chi connectivity index (χ1) is 10.6. The van der Waals surface area contributed by atoms with Gasteiger partial charge in [-0.25, -0.2) is 4.39 Å². The van der Waals surface area contributed by atoms with E-state index in [1.807, 2.05) is 12.1 Å². The van der Waals surface area contributed by atoms with Crippen molar-refractivity contribution in [3.8, 4) is 0 Å². The van der Waals surface area contributed by atoms with Gasteiger partial charge < -0.3 is 15.1 Å². The molecule has 1 saturated heterocycles. The molecule has 0 spiro atoms. The van der Waals surface area contributed by atoms with Crippen molar-refractivity contribution in [3.63, 3.8) is 0 Å². The number of nitrogens with zero attached hydrogens (tertiary/aromatic N) is 3. The predicted molar refractivity (Wildman–Crippen MR) is 106 cm³/mol. The Morgan fingerprint density at radius 3 is 2.43 bits per heavy atom. The Morgan fingerprint density at radius 2 is 1.87 bits per heavy atom. The summed E-state index contributed by atoms with van der Waals surface area (Å²) >= 11 is 0. The molecule has 1 fully saturated rings. The lowest BCUT2D eigenvalue weighted by molar-refractivity contribution is 0.370. The standard InChI is InChI=1S/C17H27FN4.HI/c1-4-19-17(20-13-14(2)3)22-11-9-21(10-12-22)16-8-6-5-7-15(16)18;/h5-8,14H,4,9-13H2,1-3H3,(H,19,20);1H. The molecule has 6 heteroatoms. The van der Waals surface area contributed by atoms with Crippen LogP contribution >= 0.6 is 24.0 Å². The second kappa shape index (κ2) is 9.95. The zero-order valence-electron chi connectivity index (χ0n) is 14.3. The Balaban J connectivity index is 0.00000264. The molecule has 1 aliphatic rings. The van der Waals surface area contributed by atoms with Crippen molar-refractivity contribution in [2.75, 3.05) is 44.2 Å². The summed E-state index contributed by atoms with van der Waals surface area (Å²) < 4.78 is 13.9. The van der Waals surface area contributed by atoms with Gasteiger partial charge in [0.1, 0.15) is 5.82 Å². The summed E-state index contributed by atoms with van der Waals surface area (Å²) in [5.41, 5.74) is 0.700. The zero-order valence-corrected chi connectivity index (χ0v) is 16.6. The number of nitrogens with one attached hydrogen (secondary N) is 1. The van der Waals surface area contributed by atoms with E-state index < -0.39 is 0 Å². The van der Waals surface area contributed by atoms with Gasteiger partial charge in [-0.05, 0) is 25.0 Å². The van der Waals surface area contributed by atoms with Gasteiger partial charge in [-0.2, -0.15) is 0 Å². The smallest absolute Gasteiger partial charge is 0.194 e. The van der Waals surface area contributed by atoms with Crippen molar-refractivity contribution in [1.82, 2.24) is 10.2 Å². The van der Waals surface area contributed by atoms with Crippen LogP contribution in [0.25, 0.3) is 0 Å². The molecule has 0 saturated carbocycles. The largest absolute Gasteiger partial charge is 0.366 e. The van der Waals surface area contributed by atoms with Crippen LogP contribution in [0.4, 0.5) is 10.1 Å². The Bertz CT molecular complexity index is 499. The first-order valence-corrected chi connectivity index (χ1v) is 8.14. The van der Waals surface area contributed by atoms with Gasteiger partial charge in [0.15, 0.2) is 5.96 Å². The summed E-state index contributed by atoms with van der Waals surface area (Å²) in [6, 6.07) is 6.99. The van der Waals surface area contributed by atoms with Gasteiger partial charge in [0.05, 0.1) is 5.69 Å². The fraction of sp³-hybridized carbons (Fsp3) is 0.588. The number of guanidine groups is 1. The molecule has 1 N–H and O–H groups in total. The number of para-hydroxylation sites is 1. The first-order valence-electron chi connectivity index (χ1n) is 8.14. The van der Waals surface area contributed by atoms with Gasteiger partial charge in [0, 0.05) is 39.3 Å². The van der Waals surface area contributed by atoms with Crippen LogP contribution in [0.2, 0.25) is 0 Å². The molecule has 2 rings (SSSR count). The maximum atomic E-state index is 13.9. The molecular weight excluding hydrogens is 406 g/mol. The zero-order chi connectivity index (χ0) is 15.9. The fourth-order valence-corrected chi connectivity index (χ4v) is 2.56. The van der Waals surface area contributed by atoms with Crippen LogP contribution in [-0.2, 0) is 0 Å². The maximum absolute atomic E-state index is 13.9. The normalized spacial score (nSPS) is 15.6. The Hall–Kier alpha value is -1.05. The minimum absolute atomic E-state index is 0. The van der Waals surface area contributed by atoms with Crippen LogP contribution in [-0.4, -0.2) is 50.1 Å². The highest BCUT2D eigenvalue weighted by Crippen LogP contribution is 2.20. The Kier molecular flexibility index (Phi) is 8.65. The number of piperazine rings is 1. The molecule has 0 aromatic heterocycles. The van der Waals surface area contributed by atoms with Crippen molar-refractivity contribution in [3.05, 3.63) is 30.1 Å². The number of hydrogen-bond donors (Lipinski definition) is 1. The highest BCUT2D eigenvalue weighted by Gasteiger charge is 2.21. The molecule has 1 heterocycles. The molecule has 4 nitrogen and oxygen atoms in total. The fourth-order valence-electron chi connectivity index (χ4n) is 2.56. The summed E-state index contributed by atoms with van der Waals surface area (Å²) in [5.74, 6) is 1.38. The van der Waals surface area contributed by atoms with Gasteiger partial charge in [0.2, 0.25) is 0 Å². The van der Waals surface area contributed by atoms with E-state index in [1.165, 1.54) is 6.07 Å². The number of rotatable bonds is 4. The summed E-state index contributed by atoms with van der Waals surface area (Å²) in [6.45, 7) is 11.5. The van der Waals surface area contributed by atoms with Crippen LogP contribution in [0.5, 0.6) is 0 Å². The second-order valence-corrected chi connectivity index (χ2v) is 6.01. The van der Waals surface area contributed by atoms with Gasteiger partial charge in [-0.15, -0.1) is 24.0 Å². The topological polar surface area (TPSA) is 30.9 Å². The second-order valence-electron chi connectivity index (χ2n) is 6.01. The lowest BCUT2D eigenvalue weighted by atomic mass is 10.2. The average molecular weight is 434 g/mol. The Morgan fingerprint density at radius 1 is 1.22 bits per heavy atom. The summed E-state index contributed by atoms with van der Waals surface area (Å²) in [5, 5.41) is 3.36. The van der Waals surface area contributed by atoms with E-state index in [-0.39, 0.29) is 29.8 Å². The predicted octanol–water partition coefficient (Wildman–Crippen LogP) is 3.19. The van der Waals surface area contributed by atoms with Crippen LogP contribution in [0.3, 0.4) is 0 Å². The molecule has 0 atom stereocenters. The summed E-state index contributed by atoms with van der Waals surface area (Å²) in [6.07, 6.45) is 0. The molecule has 23 heavy (non-hydrogen) atoms. The third-order valence-corrected chi connectivity index (χ3v) is 3.71. The molecule has 1 aromatic carbocycles. The van der Waals surface area contributed by atoms with E-state index in [0.29, 0.717) is 11.6 Å². The minimum atomic E-state index is -0.142. The van der Waals surface area contributed by atoms with E-state index in [1.54, 1.807) is 6.07 Å². The number of benzene rings is 1. The van der Waals surface area contributed by atoms with Crippen LogP contribution in [0.15, 0.2) is 29.3 Å². The molecule has 0 aliphatic carbocycles. The van der Waals surface area contributed by atoms with Crippen molar-refractivity contribution in [1.29, 1.82) is 0 Å². The first kappa shape index (κ1) is 20.0. The van der Waals surface area contributed by atoms with E-state index >= 15 is 0 Å². The molecule has 0 radical (unpaired) electrons. The average Bonchev–Trinajstić information content (AvgIpc) is 2.52. The van der Waals surface area contributed by atoms with Gasteiger partial charge in [-0.3, -0.25) is 4.99 Å². The van der Waals surface area contributed by atoms with Gasteiger partial charge in [0.25, 0.3) is 0 Å². The highest BCUT2D eigenvalue weighted by molar-refractivity contribution is 14.0. The van der Waals surface area contributed by atoms with E-state index in [9.17, 15) is 4.39 Å². The van der Waals surface area contributed by atoms with Crippen molar-refractivity contribution in [2.45, 2.75) is 20.8 Å². The van der Waals surface area contributed by atoms with Crippen molar-refractivity contribution >= 4 is 35.6 Å². The minimum Gasteiger partial charge on any atom is -0.366 e. The number of aliphatic imine (C=N–C) groups is 1. The van der Waals surface area contributed by atoms with Gasteiger partial charge >= 0.3 is 0 Å². The van der Waals surface area contributed by atoms with Crippen LogP contribution < -0.4 is 10.2 Å². The molecular formula is C17H28FIN4. The van der Waals surface area contributed by atoms with E-state index in [0.717, 1.165) is 45.2 Å². The lowest BCUT2D eigenvalue weighted by Gasteiger charge is -2.37. The number of anilines is 1. The third kappa shape index (κ3) is 5.82. The monoisotopic (exact) mass is 434 g/mol. The highest BCUT2D eigenvalue weighted by atomic mass is 127. The van der Waals surface area contributed by atoms with Gasteiger partial charge in [-0.1, -0.05) is 26.0 Å². The Labute approximate surface area is 156 Å². The summed E-state index contributed by atoms with van der Waals surface area (Å²) in [4.78, 5) is 9.07. The molecule has 130 valence electrons. The molecule has 1 aliphatic heterocycles. The number of halogens is 2. The van der Waals surface area contributed by atoms with Crippen LogP contribution in [0, 0.1) is 11.7 Å². The van der Waals surface area contributed by atoms with Crippen molar-refractivity contribution < 1.29 is 4.39 Å². The molecule has 1 aromatic rings. The summed E-state index contributed by atoms with van der Waals surface area (Å²) in [7, 11) is 0. The number of hydrogen-bond acceptors (Lipinski definition) is 2. The maximum Gasteiger partial charge on any atom is 0.194 e.